The smallest absolute Gasteiger partial charge is 0.0991 e. The van der Waals surface area contributed by atoms with Crippen molar-refractivity contribution >= 4 is 11.3 Å². The maximum absolute atomic E-state index is 9.11. The standard InChI is InChI=1S/C20H15N3/c21-12-14-4-1-6-16(10-14)18-8-3-9-19(20(18)23)17-7-2-5-15(11-17)13-22/h1,3-4,6-11H,2,5,23H2. The van der Waals surface area contributed by atoms with Gasteiger partial charge in [-0.15, -0.1) is 0 Å². The molecule has 0 saturated heterocycles. The maximum Gasteiger partial charge on any atom is 0.0991 e. The molecule has 2 aromatic rings. The van der Waals surface area contributed by atoms with Crippen LogP contribution in [0.3, 0.4) is 0 Å². The highest BCUT2D eigenvalue weighted by Gasteiger charge is 2.13. The summed E-state index contributed by atoms with van der Waals surface area (Å²) < 4.78 is 0. The molecule has 0 heterocycles. The average molecular weight is 297 g/mol. The molecule has 1 aliphatic carbocycles. The normalized spacial score (nSPS) is 13.5. The van der Waals surface area contributed by atoms with Gasteiger partial charge >= 0.3 is 0 Å². The minimum atomic E-state index is 0.607. The van der Waals surface area contributed by atoms with Crippen LogP contribution in [0.15, 0.2) is 60.2 Å². The highest BCUT2D eigenvalue weighted by molar-refractivity contribution is 5.90. The third-order valence-electron chi connectivity index (χ3n) is 3.97. The lowest BCUT2D eigenvalue weighted by Gasteiger charge is -2.15. The molecule has 0 unspecified atom stereocenters. The summed E-state index contributed by atoms with van der Waals surface area (Å²) in [5.41, 5.74) is 12.2. The van der Waals surface area contributed by atoms with Gasteiger partial charge in [0.1, 0.15) is 0 Å². The van der Waals surface area contributed by atoms with E-state index in [-0.39, 0.29) is 0 Å². The van der Waals surface area contributed by atoms with Gasteiger partial charge in [0.05, 0.1) is 17.7 Å². The number of hydrogen-bond donors (Lipinski definition) is 1. The molecule has 0 fully saturated rings. The summed E-state index contributed by atoms with van der Waals surface area (Å²) in [5.74, 6) is 0. The SMILES string of the molecule is N#CC1=CC(c2cccc(-c3cccc(C#N)c3)c2N)=CCC1. The highest BCUT2D eigenvalue weighted by Crippen LogP contribution is 2.35. The van der Waals surface area contributed by atoms with E-state index in [1.165, 1.54) is 0 Å². The van der Waals surface area contributed by atoms with Crippen LogP contribution in [0.5, 0.6) is 0 Å². The molecule has 3 nitrogen and oxygen atoms in total. The topological polar surface area (TPSA) is 73.6 Å². The van der Waals surface area contributed by atoms with Crippen molar-refractivity contribution in [3.05, 3.63) is 71.3 Å². The number of hydrogen-bond acceptors (Lipinski definition) is 3. The Morgan fingerprint density at radius 1 is 0.957 bits per heavy atom. The second kappa shape index (κ2) is 6.22. The molecule has 0 bridgehead atoms. The zero-order chi connectivity index (χ0) is 16.2. The van der Waals surface area contributed by atoms with Crippen LogP contribution >= 0.6 is 0 Å². The van der Waals surface area contributed by atoms with Crippen LogP contribution < -0.4 is 5.73 Å². The van der Waals surface area contributed by atoms with Gasteiger partial charge in [-0.25, -0.2) is 0 Å². The molecule has 0 radical (unpaired) electrons. The van der Waals surface area contributed by atoms with E-state index in [4.69, 9.17) is 16.3 Å². The van der Waals surface area contributed by atoms with Crippen molar-refractivity contribution in [1.29, 1.82) is 10.5 Å². The molecule has 0 saturated carbocycles. The quantitative estimate of drug-likeness (QED) is 0.833. The Morgan fingerprint density at radius 3 is 2.52 bits per heavy atom. The van der Waals surface area contributed by atoms with Crippen molar-refractivity contribution in [3.8, 4) is 23.3 Å². The van der Waals surface area contributed by atoms with Gasteiger partial charge in [-0.3, -0.25) is 0 Å². The predicted octanol–water partition coefficient (Wildman–Crippen LogP) is 4.43. The fraction of sp³-hybridized carbons (Fsp3) is 0.100. The molecular weight excluding hydrogens is 282 g/mol. The molecule has 0 amide bonds. The molecule has 0 aromatic heterocycles. The second-order valence-corrected chi connectivity index (χ2v) is 5.44. The van der Waals surface area contributed by atoms with Crippen molar-refractivity contribution in [3.63, 3.8) is 0 Å². The number of anilines is 1. The summed E-state index contributed by atoms with van der Waals surface area (Å²) >= 11 is 0. The van der Waals surface area contributed by atoms with E-state index in [0.717, 1.165) is 40.7 Å². The molecule has 3 rings (SSSR count). The van der Waals surface area contributed by atoms with Gasteiger partial charge in [-0.1, -0.05) is 36.4 Å². The zero-order valence-corrected chi connectivity index (χ0v) is 12.6. The molecule has 1 aliphatic rings. The molecule has 23 heavy (non-hydrogen) atoms. The van der Waals surface area contributed by atoms with Gasteiger partial charge in [0.15, 0.2) is 0 Å². The van der Waals surface area contributed by atoms with Gasteiger partial charge in [-0.05, 0) is 42.2 Å². The summed E-state index contributed by atoms with van der Waals surface area (Å²) in [6.07, 6.45) is 5.65. The van der Waals surface area contributed by atoms with Crippen LogP contribution in [0.25, 0.3) is 16.7 Å². The Labute approximate surface area is 135 Å². The van der Waals surface area contributed by atoms with Crippen molar-refractivity contribution in [2.45, 2.75) is 12.8 Å². The lowest BCUT2D eigenvalue weighted by atomic mass is 9.91. The number of nitrogens with two attached hydrogens (primary N) is 1. The molecule has 110 valence electrons. The fourth-order valence-corrected chi connectivity index (χ4v) is 2.80. The van der Waals surface area contributed by atoms with Gasteiger partial charge in [-0.2, -0.15) is 10.5 Å². The molecule has 2 aromatic carbocycles. The first-order valence-electron chi connectivity index (χ1n) is 7.43. The Kier molecular flexibility index (Phi) is 3.95. The van der Waals surface area contributed by atoms with Crippen LogP contribution in [0.2, 0.25) is 0 Å². The largest absolute Gasteiger partial charge is 0.398 e. The number of rotatable bonds is 2. The van der Waals surface area contributed by atoms with Crippen molar-refractivity contribution in [2.75, 3.05) is 5.73 Å². The minimum Gasteiger partial charge on any atom is -0.398 e. The van der Waals surface area contributed by atoms with Crippen LogP contribution in [0.4, 0.5) is 5.69 Å². The minimum absolute atomic E-state index is 0.607. The lowest BCUT2D eigenvalue weighted by Crippen LogP contribution is -1.99. The van der Waals surface area contributed by atoms with E-state index in [1.807, 2.05) is 42.5 Å². The number of benzene rings is 2. The molecular formula is C20H15N3. The first-order valence-corrected chi connectivity index (χ1v) is 7.43. The monoisotopic (exact) mass is 297 g/mol. The predicted molar refractivity (Wildman–Crippen MR) is 91.9 cm³/mol. The van der Waals surface area contributed by atoms with E-state index in [1.54, 1.807) is 6.07 Å². The van der Waals surface area contributed by atoms with Gasteiger partial charge in [0.2, 0.25) is 0 Å². The Hall–Kier alpha value is -3.30. The van der Waals surface area contributed by atoms with E-state index in [2.05, 4.69) is 18.2 Å². The second-order valence-electron chi connectivity index (χ2n) is 5.44. The third kappa shape index (κ3) is 2.86. The number of nitrogen functional groups attached to an aromatic ring is 1. The van der Waals surface area contributed by atoms with Crippen LogP contribution in [0, 0.1) is 22.7 Å². The van der Waals surface area contributed by atoms with E-state index in [0.29, 0.717) is 11.3 Å². The highest BCUT2D eigenvalue weighted by atomic mass is 14.6. The number of para-hydroxylation sites is 1. The van der Waals surface area contributed by atoms with Gasteiger partial charge in [0.25, 0.3) is 0 Å². The molecule has 0 atom stereocenters. The van der Waals surface area contributed by atoms with Gasteiger partial charge in [0, 0.05) is 22.4 Å². The zero-order valence-electron chi connectivity index (χ0n) is 12.6. The van der Waals surface area contributed by atoms with Crippen molar-refractivity contribution in [2.24, 2.45) is 0 Å². The van der Waals surface area contributed by atoms with Crippen molar-refractivity contribution in [1.82, 2.24) is 0 Å². The van der Waals surface area contributed by atoms with Gasteiger partial charge < -0.3 is 5.73 Å². The van der Waals surface area contributed by atoms with Crippen LogP contribution in [-0.4, -0.2) is 0 Å². The summed E-state index contributed by atoms with van der Waals surface area (Å²) in [6, 6.07) is 17.7. The Morgan fingerprint density at radius 2 is 1.74 bits per heavy atom. The van der Waals surface area contributed by atoms with E-state index in [9.17, 15) is 0 Å². The first-order chi connectivity index (χ1) is 11.2. The number of nitrogens with zero attached hydrogens (tertiary/aromatic N) is 2. The molecule has 0 spiro atoms. The Bertz CT molecular complexity index is 905. The van der Waals surface area contributed by atoms with Crippen molar-refractivity contribution < 1.29 is 0 Å². The summed E-state index contributed by atoms with van der Waals surface area (Å²) in [4.78, 5) is 0. The number of nitriles is 2. The lowest BCUT2D eigenvalue weighted by molar-refractivity contribution is 0.998. The Balaban J connectivity index is 2.10. The number of allylic oxidation sites excluding steroid dienone is 4. The molecule has 3 heteroatoms. The fourth-order valence-electron chi connectivity index (χ4n) is 2.80. The maximum atomic E-state index is 9.11. The first kappa shape index (κ1) is 14.6. The third-order valence-corrected chi connectivity index (χ3v) is 3.97. The summed E-state index contributed by atoms with van der Waals surface area (Å²) in [5, 5.41) is 18.2. The summed E-state index contributed by atoms with van der Waals surface area (Å²) in [7, 11) is 0. The molecule has 2 N–H and O–H groups in total. The van der Waals surface area contributed by atoms with E-state index >= 15 is 0 Å². The average Bonchev–Trinajstić information content (AvgIpc) is 2.62. The molecule has 0 aliphatic heterocycles. The van der Waals surface area contributed by atoms with E-state index < -0.39 is 0 Å². The van der Waals surface area contributed by atoms with Crippen LogP contribution in [0.1, 0.15) is 24.0 Å². The van der Waals surface area contributed by atoms with Crippen LogP contribution in [-0.2, 0) is 0 Å². The summed E-state index contributed by atoms with van der Waals surface area (Å²) in [6.45, 7) is 0.